The number of hydrogen-bond acceptors (Lipinski definition) is 5. The van der Waals surface area contributed by atoms with E-state index in [-0.39, 0.29) is 11.8 Å². The fourth-order valence-corrected chi connectivity index (χ4v) is 3.60. The van der Waals surface area contributed by atoms with Crippen molar-refractivity contribution >= 4 is 46.1 Å². The third-order valence-electron chi connectivity index (χ3n) is 3.98. The van der Waals surface area contributed by atoms with Crippen molar-refractivity contribution in [1.29, 1.82) is 0 Å². The third-order valence-corrected chi connectivity index (χ3v) is 5.13. The van der Waals surface area contributed by atoms with E-state index in [0.717, 1.165) is 0 Å². The predicted molar refractivity (Wildman–Crippen MR) is 109 cm³/mol. The highest BCUT2D eigenvalue weighted by atomic mass is 35.5. The smallest absolute Gasteiger partial charge is 0.265 e. The lowest BCUT2D eigenvalue weighted by molar-refractivity contribution is 0.102. The Bertz CT molecular complexity index is 1040. The van der Waals surface area contributed by atoms with E-state index in [2.05, 4.69) is 10.6 Å². The zero-order chi connectivity index (χ0) is 19.5. The van der Waals surface area contributed by atoms with Gasteiger partial charge in [0.2, 0.25) is 0 Å². The minimum absolute atomic E-state index is 0.197. The Kier molecular flexibility index (Phi) is 5.18. The van der Waals surface area contributed by atoms with Crippen molar-refractivity contribution in [2.45, 2.75) is 0 Å². The van der Waals surface area contributed by atoms with E-state index in [9.17, 15) is 9.59 Å². The van der Waals surface area contributed by atoms with Crippen molar-refractivity contribution in [2.75, 3.05) is 23.8 Å². The summed E-state index contributed by atoms with van der Waals surface area (Å²) in [4.78, 5) is 25.4. The minimum atomic E-state index is -0.347. The van der Waals surface area contributed by atoms with Crippen LogP contribution in [-0.4, -0.2) is 25.0 Å². The van der Waals surface area contributed by atoms with Gasteiger partial charge in [-0.3, -0.25) is 9.59 Å². The van der Waals surface area contributed by atoms with E-state index in [1.165, 1.54) is 17.4 Å². The maximum Gasteiger partial charge on any atom is 0.265 e. The van der Waals surface area contributed by atoms with Crippen LogP contribution in [0.1, 0.15) is 20.0 Å². The molecule has 3 aromatic rings. The molecule has 28 heavy (non-hydrogen) atoms. The van der Waals surface area contributed by atoms with Crippen molar-refractivity contribution in [3.8, 4) is 11.5 Å². The Hall–Kier alpha value is -3.03. The van der Waals surface area contributed by atoms with Gasteiger partial charge in [0, 0.05) is 16.9 Å². The maximum absolute atomic E-state index is 12.6. The standard InChI is InChI=1S/C20H15ClN2O4S/c21-15-9-12(10-16-18(15)27-7-6-26-16)19(24)22-13-3-1-4-14(11-13)23-20(25)17-5-2-8-28-17/h1-5,8-11H,6-7H2,(H,22,24)(H,23,25). The van der Waals surface area contributed by atoms with E-state index in [1.54, 1.807) is 36.4 Å². The Morgan fingerprint density at radius 2 is 1.68 bits per heavy atom. The van der Waals surface area contributed by atoms with Crippen molar-refractivity contribution in [3.05, 3.63) is 69.4 Å². The summed E-state index contributed by atoms with van der Waals surface area (Å²) in [6.07, 6.45) is 0. The summed E-state index contributed by atoms with van der Waals surface area (Å²) >= 11 is 7.55. The SMILES string of the molecule is O=C(Nc1cccc(NC(=O)c2cccs2)c1)c1cc(Cl)c2c(c1)OCCO2. The number of hydrogen-bond donors (Lipinski definition) is 2. The maximum atomic E-state index is 12.6. The van der Waals surface area contributed by atoms with Gasteiger partial charge in [0.15, 0.2) is 11.5 Å². The topological polar surface area (TPSA) is 76.7 Å². The number of benzene rings is 2. The molecule has 2 amide bonds. The van der Waals surface area contributed by atoms with Crippen molar-refractivity contribution in [1.82, 2.24) is 0 Å². The molecular formula is C20H15ClN2O4S. The van der Waals surface area contributed by atoms with Crippen molar-refractivity contribution < 1.29 is 19.1 Å². The van der Waals surface area contributed by atoms with Gasteiger partial charge in [0.1, 0.15) is 13.2 Å². The molecule has 0 saturated carbocycles. The number of carbonyl (C=O) groups is 2. The summed E-state index contributed by atoms with van der Waals surface area (Å²) in [6.45, 7) is 0.822. The number of anilines is 2. The van der Waals surface area contributed by atoms with Gasteiger partial charge >= 0.3 is 0 Å². The molecule has 2 N–H and O–H groups in total. The highest BCUT2D eigenvalue weighted by Gasteiger charge is 2.19. The number of halogens is 1. The summed E-state index contributed by atoms with van der Waals surface area (Å²) in [5.41, 5.74) is 1.47. The number of thiophene rings is 1. The first-order chi connectivity index (χ1) is 13.6. The van der Waals surface area contributed by atoms with E-state index in [0.29, 0.717) is 51.6 Å². The fraction of sp³-hybridized carbons (Fsp3) is 0.100. The Morgan fingerprint density at radius 3 is 2.43 bits per heavy atom. The molecule has 0 radical (unpaired) electrons. The molecular weight excluding hydrogens is 400 g/mol. The molecule has 1 aliphatic heterocycles. The second kappa shape index (κ2) is 7.92. The molecule has 0 atom stereocenters. The molecule has 6 nitrogen and oxygen atoms in total. The van der Waals surface area contributed by atoms with Crippen LogP contribution in [0.5, 0.6) is 11.5 Å². The van der Waals surface area contributed by atoms with E-state index in [1.807, 2.05) is 11.4 Å². The first-order valence-corrected chi connectivity index (χ1v) is 9.71. The summed E-state index contributed by atoms with van der Waals surface area (Å²) in [7, 11) is 0. The van der Waals surface area contributed by atoms with Crippen LogP contribution in [0.2, 0.25) is 5.02 Å². The van der Waals surface area contributed by atoms with Crippen LogP contribution < -0.4 is 20.1 Å². The second-order valence-electron chi connectivity index (χ2n) is 5.95. The van der Waals surface area contributed by atoms with Gasteiger partial charge in [0.25, 0.3) is 11.8 Å². The van der Waals surface area contributed by atoms with E-state index in [4.69, 9.17) is 21.1 Å². The van der Waals surface area contributed by atoms with Gasteiger partial charge in [0.05, 0.1) is 9.90 Å². The van der Waals surface area contributed by atoms with Gasteiger partial charge in [-0.25, -0.2) is 0 Å². The quantitative estimate of drug-likeness (QED) is 0.650. The normalized spacial score (nSPS) is 12.3. The zero-order valence-corrected chi connectivity index (χ0v) is 16.1. The van der Waals surface area contributed by atoms with Crippen LogP contribution in [0.25, 0.3) is 0 Å². The average Bonchev–Trinajstić information content (AvgIpc) is 3.23. The van der Waals surface area contributed by atoms with Gasteiger partial charge in [-0.05, 0) is 41.8 Å². The molecule has 0 aliphatic carbocycles. The lowest BCUT2D eigenvalue weighted by Gasteiger charge is -2.20. The predicted octanol–water partition coefficient (Wildman–Crippen LogP) is 4.68. The summed E-state index contributed by atoms with van der Waals surface area (Å²) in [6, 6.07) is 13.6. The van der Waals surface area contributed by atoms with Crippen molar-refractivity contribution in [2.24, 2.45) is 0 Å². The number of rotatable bonds is 4. The van der Waals surface area contributed by atoms with Crippen molar-refractivity contribution in [3.63, 3.8) is 0 Å². The first kappa shape index (κ1) is 18.3. The molecule has 1 aromatic heterocycles. The molecule has 8 heteroatoms. The van der Waals surface area contributed by atoms with Gasteiger partial charge in [-0.15, -0.1) is 11.3 Å². The minimum Gasteiger partial charge on any atom is -0.486 e. The Morgan fingerprint density at radius 1 is 0.929 bits per heavy atom. The van der Waals surface area contributed by atoms with Gasteiger partial charge < -0.3 is 20.1 Å². The summed E-state index contributed by atoms with van der Waals surface area (Å²) in [5, 5.41) is 7.76. The Labute approximate surface area is 170 Å². The molecule has 4 rings (SSSR count). The molecule has 0 unspecified atom stereocenters. The second-order valence-corrected chi connectivity index (χ2v) is 7.30. The molecule has 0 fully saturated rings. The third kappa shape index (κ3) is 3.95. The van der Waals surface area contributed by atoms with E-state index < -0.39 is 0 Å². The first-order valence-electron chi connectivity index (χ1n) is 8.45. The largest absolute Gasteiger partial charge is 0.486 e. The van der Waals surface area contributed by atoms with Crippen LogP contribution in [0.3, 0.4) is 0 Å². The zero-order valence-electron chi connectivity index (χ0n) is 14.5. The van der Waals surface area contributed by atoms with Crippen LogP contribution in [0.4, 0.5) is 11.4 Å². The monoisotopic (exact) mass is 414 g/mol. The van der Waals surface area contributed by atoms with Gasteiger partial charge in [-0.2, -0.15) is 0 Å². The molecule has 142 valence electrons. The summed E-state index contributed by atoms with van der Waals surface area (Å²) < 4.78 is 11.0. The highest BCUT2D eigenvalue weighted by molar-refractivity contribution is 7.12. The molecule has 1 aliphatic rings. The number of fused-ring (bicyclic) bond motifs is 1. The van der Waals surface area contributed by atoms with Crippen LogP contribution >= 0.6 is 22.9 Å². The fourth-order valence-electron chi connectivity index (χ4n) is 2.72. The molecule has 2 aromatic carbocycles. The van der Waals surface area contributed by atoms with Crippen LogP contribution in [0.15, 0.2) is 53.9 Å². The molecule has 0 bridgehead atoms. The number of ether oxygens (including phenoxy) is 2. The number of nitrogens with one attached hydrogen (secondary N) is 2. The number of carbonyl (C=O) groups excluding carboxylic acids is 2. The lowest BCUT2D eigenvalue weighted by Crippen LogP contribution is -2.18. The average molecular weight is 415 g/mol. The summed E-state index contributed by atoms with van der Waals surface area (Å²) in [5.74, 6) is 0.348. The highest BCUT2D eigenvalue weighted by Crippen LogP contribution is 2.38. The lowest BCUT2D eigenvalue weighted by atomic mass is 10.1. The van der Waals surface area contributed by atoms with Crippen LogP contribution in [0, 0.1) is 0 Å². The molecule has 0 saturated heterocycles. The molecule has 2 heterocycles. The van der Waals surface area contributed by atoms with E-state index >= 15 is 0 Å². The number of amides is 2. The van der Waals surface area contributed by atoms with Crippen LogP contribution in [-0.2, 0) is 0 Å². The molecule has 0 spiro atoms. The Balaban J connectivity index is 1.49. The van der Waals surface area contributed by atoms with Gasteiger partial charge in [-0.1, -0.05) is 23.7 Å².